The maximum Gasteiger partial charge on any atom is 0.113 e. The maximum atomic E-state index is 5.66. The summed E-state index contributed by atoms with van der Waals surface area (Å²) in [6.45, 7) is 2.19. The van der Waals surface area contributed by atoms with Gasteiger partial charge in [-0.25, -0.2) is 0 Å². The predicted molar refractivity (Wildman–Crippen MR) is 69.3 cm³/mol. The molecule has 0 amide bonds. The molecule has 0 aliphatic heterocycles. The molecule has 0 saturated heterocycles. The molecular formula is C13H15NOS. The van der Waals surface area contributed by atoms with Gasteiger partial charge in [0.25, 0.3) is 0 Å². The lowest BCUT2D eigenvalue weighted by molar-refractivity contribution is 0.530. The number of thioether (sulfide) groups is 1. The van der Waals surface area contributed by atoms with Crippen LogP contribution in [0.4, 0.5) is 5.69 Å². The molecule has 1 heterocycles. The van der Waals surface area contributed by atoms with Crippen molar-refractivity contribution < 1.29 is 4.42 Å². The van der Waals surface area contributed by atoms with Gasteiger partial charge >= 0.3 is 0 Å². The van der Waals surface area contributed by atoms with E-state index in [2.05, 4.69) is 19.1 Å². The molecule has 0 bridgehead atoms. The van der Waals surface area contributed by atoms with Gasteiger partial charge in [0.05, 0.1) is 12.0 Å². The third kappa shape index (κ3) is 2.83. The second-order valence-electron chi connectivity index (χ2n) is 3.70. The highest BCUT2D eigenvalue weighted by Crippen LogP contribution is 2.31. The van der Waals surface area contributed by atoms with Crippen molar-refractivity contribution in [2.45, 2.75) is 17.9 Å². The summed E-state index contributed by atoms with van der Waals surface area (Å²) in [5.41, 5.74) is 7.77. The third-order valence-electron chi connectivity index (χ3n) is 2.46. The highest BCUT2D eigenvalue weighted by Gasteiger charge is 2.06. The van der Waals surface area contributed by atoms with Crippen LogP contribution in [0.5, 0.6) is 0 Å². The van der Waals surface area contributed by atoms with Gasteiger partial charge in [0, 0.05) is 10.9 Å². The summed E-state index contributed by atoms with van der Waals surface area (Å²) in [5.74, 6) is 1.92. The molecule has 1 atom stereocenters. The fourth-order valence-corrected chi connectivity index (χ4v) is 2.39. The van der Waals surface area contributed by atoms with E-state index < -0.39 is 0 Å². The van der Waals surface area contributed by atoms with Crippen LogP contribution < -0.4 is 5.73 Å². The lowest BCUT2D eigenvalue weighted by atomic mass is 10.1. The minimum atomic E-state index is 0.450. The van der Waals surface area contributed by atoms with E-state index in [0.717, 1.165) is 17.2 Å². The Morgan fingerprint density at radius 1 is 1.25 bits per heavy atom. The number of nitrogens with two attached hydrogens (primary N) is 1. The Hall–Kier alpha value is -1.35. The molecule has 1 unspecified atom stereocenters. The fourth-order valence-electron chi connectivity index (χ4n) is 1.47. The molecule has 0 saturated carbocycles. The largest absolute Gasteiger partial charge is 0.468 e. The van der Waals surface area contributed by atoms with E-state index >= 15 is 0 Å². The smallest absolute Gasteiger partial charge is 0.113 e. The highest BCUT2D eigenvalue weighted by molar-refractivity contribution is 7.98. The summed E-state index contributed by atoms with van der Waals surface area (Å²) >= 11 is 1.86. The van der Waals surface area contributed by atoms with E-state index in [1.54, 1.807) is 6.26 Å². The SMILES string of the molecule is CC(SCc1ccco1)c1ccc(N)cc1. The first-order chi connectivity index (χ1) is 7.75. The van der Waals surface area contributed by atoms with Crippen molar-refractivity contribution in [2.75, 3.05) is 5.73 Å². The number of hydrogen-bond acceptors (Lipinski definition) is 3. The van der Waals surface area contributed by atoms with Gasteiger partial charge in [0.15, 0.2) is 0 Å². The zero-order valence-corrected chi connectivity index (χ0v) is 10.0. The standard InChI is InChI=1S/C13H15NOS/c1-10(11-4-6-12(14)7-5-11)16-9-13-3-2-8-15-13/h2-8,10H,9,14H2,1H3. The molecule has 2 aromatic rings. The van der Waals surface area contributed by atoms with Crippen molar-refractivity contribution in [3.8, 4) is 0 Å². The third-order valence-corrected chi connectivity index (χ3v) is 3.68. The van der Waals surface area contributed by atoms with Crippen LogP contribution in [-0.2, 0) is 5.75 Å². The number of rotatable bonds is 4. The van der Waals surface area contributed by atoms with Crippen molar-refractivity contribution in [1.29, 1.82) is 0 Å². The van der Waals surface area contributed by atoms with Crippen LogP contribution in [0.2, 0.25) is 0 Å². The molecule has 0 aliphatic rings. The quantitative estimate of drug-likeness (QED) is 0.815. The molecule has 84 valence electrons. The van der Waals surface area contributed by atoms with Gasteiger partial charge in [-0.3, -0.25) is 0 Å². The predicted octanol–water partition coefficient (Wildman–Crippen LogP) is 3.86. The van der Waals surface area contributed by atoms with E-state index in [-0.39, 0.29) is 0 Å². The molecule has 1 aromatic carbocycles. The zero-order chi connectivity index (χ0) is 11.4. The first-order valence-electron chi connectivity index (χ1n) is 5.25. The summed E-state index contributed by atoms with van der Waals surface area (Å²) in [6, 6.07) is 12.0. The van der Waals surface area contributed by atoms with Crippen LogP contribution in [0.1, 0.15) is 23.5 Å². The van der Waals surface area contributed by atoms with Crippen molar-refractivity contribution in [3.05, 3.63) is 54.0 Å². The van der Waals surface area contributed by atoms with E-state index in [1.165, 1.54) is 5.56 Å². The molecule has 2 N–H and O–H groups in total. The topological polar surface area (TPSA) is 39.2 Å². The number of furan rings is 1. The van der Waals surface area contributed by atoms with Crippen LogP contribution >= 0.6 is 11.8 Å². The first kappa shape index (κ1) is 11.1. The zero-order valence-electron chi connectivity index (χ0n) is 9.22. The van der Waals surface area contributed by atoms with E-state index in [9.17, 15) is 0 Å². The van der Waals surface area contributed by atoms with Crippen molar-refractivity contribution >= 4 is 17.4 Å². The second-order valence-corrected chi connectivity index (χ2v) is 5.03. The van der Waals surface area contributed by atoms with Crippen LogP contribution in [-0.4, -0.2) is 0 Å². The molecule has 0 aliphatic carbocycles. The number of hydrogen-bond donors (Lipinski definition) is 1. The lowest BCUT2D eigenvalue weighted by Gasteiger charge is -2.10. The normalized spacial score (nSPS) is 12.6. The Labute approximate surface area is 99.8 Å². The van der Waals surface area contributed by atoms with E-state index in [0.29, 0.717) is 5.25 Å². The number of benzene rings is 1. The molecule has 0 radical (unpaired) electrons. The van der Waals surface area contributed by atoms with Crippen molar-refractivity contribution in [1.82, 2.24) is 0 Å². The Bertz CT molecular complexity index is 422. The van der Waals surface area contributed by atoms with Gasteiger partial charge in [-0.2, -0.15) is 0 Å². The van der Waals surface area contributed by atoms with Crippen LogP contribution in [0.25, 0.3) is 0 Å². The summed E-state index contributed by atoms with van der Waals surface area (Å²) in [7, 11) is 0. The Morgan fingerprint density at radius 2 is 2.00 bits per heavy atom. The minimum Gasteiger partial charge on any atom is -0.468 e. The second kappa shape index (κ2) is 5.12. The highest BCUT2D eigenvalue weighted by atomic mass is 32.2. The fraction of sp³-hybridized carbons (Fsp3) is 0.231. The van der Waals surface area contributed by atoms with Gasteiger partial charge in [-0.05, 0) is 36.8 Å². The minimum absolute atomic E-state index is 0.450. The molecule has 16 heavy (non-hydrogen) atoms. The summed E-state index contributed by atoms with van der Waals surface area (Å²) in [5, 5.41) is 0.450. The first-order valence-corrected chi connectivity index (χ1v) is 6.30. The summed E-state index contributed by atoms with van der Waals surface area (Å²) < 4.78 is 5.30. The number of nitrogen functional groups attached to an aromatic ring is 1. The van der Waals surface area contributed by atoms with Crippen LogP contribution in [0, 0.1) is 0 Å². The van der Waals surface area contributed by atoms with E-state index in [1.807, 2.05) is 36.0 Å². The van der Waals surface area contributed by atoms with Gasteiger partial charge in [-0.15, -0.1) is 11.8 Å². The maximum absolute atomic E-state index is 5.66. The lowest BCUT2D eigenvalue weighted by Crippen LogP contribution is -1.90. The molecular weight excluding hydrogens is 218 g/mol. The summed E-state index contributed by atoms with van der Waals surface area (Å²) in [6.07, 6.45) is 1.71. The number of anilines is 1. The van der Waals surface area contributed by atoms with Crippen LogP contribution in [0.15, 0.2) is 47.1 Å². The molecule has 2 rings (SSSR count). The Kier molecular flexibility index (Phi) is 3.57. The van der Waals surface area contributed by atoms with Gasteiger partial charge in [0.2, 0.25) is 0 Å². The Balaban J connectivity index is 1.93. The molecule has 3 heteroatoms. The van der Waals surface area contributed by atoms with Gasteiger partial charge in [-0.1, -0.05) is 12.1 Å². The van der Waals surface area contributed by atoms with Crippen LogP contribution in [0.3, 0.4) is 0 Å². The summed E-state index contributed by atoms with van der Waals surface area (Å²) in [4.78, 5) is 0. The van der Waals surface area contributed by atoms with Crippen molar-refractivity contribution in [3.63, 3.8) is 0 Å². The molecule has 1 aromatic heterocycles. The molecule has 2 nitrogen and oxygen atoms in total. The molecule has 0 fully saturated rings. The average Bonchev–Trinajstić information content (AvgIpc) is 2.80. The van der Waals surface area contributed by atoms with E-state index in [4.69, 9.17) is 10.2 Å². The van der Waals surface area contributed by atoms with Crippen molar-refractivity contribution in [2.24, 2.45) is 0 Å². The van der Waals surface area contributed by atoms with Gasteiger partial charge in [0.1, 0.15) is 5.76 Å². The molecule has 0 spiro atoms. The Morgan fingerprint density at radius 3 is 2.62 bits per heavy atom. The average molecular weight is 233 g/mol. The van der Waals surface area contributed by atoms with Gasteiger partial charge < -0.3 is 10.2 Å². The monoisotopic (exact) mass is 233 g/mol.